The first-order valence-electron chi connectivity index (χ1n) is 3.30. The second-order valence-electron chi connectivity index (χ2n) is 2.33. The number of aromatic nitrogens is 1. The Kier molecular flexibility index (Phi) is 1.84. The van der Waals surface area contributed by atoms with E-state index >= 15 is 0 Å². The largest absolute Gasteiger partial charge is 0.432 e. The van der Waals surface area contributed by atoms with Crippen molar-refractivity contribution in [3.63, 3.8) is 0 Å². The Morgan fingerprint density at radius 1 is 1.50 bits per heavy atom. The topological polar surface area (TPSA) is 43.1 Å². The molecular formula is C8H4INO2. The fourth-order valence-electron chi connectivity index (χ4n) is 0.983. The van der Waals surface area contributed by atoms with Crippen LogP contribution in [0, 0.1) is 3.77 Å². The fraction of sp³-hybridized carbons (Fsp3) is 0. The summed E-state index contributed by atoms with van der Waals surface area (Å²) in [5.41, 5.74) is 1.14. The first-order chi connectivity index (χ1) is 5.79. The Morgan fingerprint density at radius 2 is 2.33 bits per heavy atom. The van der Waals surface area contributed by atoms with E-state index in [0.717, 1.165) is 15.4 Å². The summed E-state index contributed by atoms with van der Waals surface area (Å²) in [6, 6.07) is 3.59. The van der Waals surface area contributed by atoms with Crippen molar-refractivity contribution in [1.29, 1.82) is 0 Å². The molecule has 2 heterocycles. The SMILES string of the molecule is O=Cc1cnc2oc(I)cc2c1. The van der Waals surface area contributed by atoms with Gasteiger partial charge in [-0.2, -0.15) is 0 Å². The molecule has 2 aromatic heterocycles. The summed E-state index contributed by atoms with van der Waals surface area (Å²) in [4.78, 5) is 14.4. The van der Waals surface area contributed by atoms with Crippen LogP contribution in [-0.2, 0) is 0 Å². The molecule has 12 heavy (non-hydrogen) atoms. The van der Waals surface area contributed by atoms with Gasteiger partial charge in [-0.05, 0) is 34.7 Å². The second-order valence-corrected chi connectivity index (χ2v) is 3.39. The molecule has 0 radical (unpaired) electrons. The molecule has 0 aliphatic heterocycles. The van der Waals surface area contributed by atoms with Gasteiger partial charge in [0.2, 0.25) is 5.71 Å². The van der Waals surface area contributed by atoms with E-state index in [1.54, 1.807) is 6.07 Å². The third-order valence-electron chi connectivity index (χ3n) is 1.50. The zero-order valence-electron chi connectivity index (χ0n) is 5.95. The van der Waals surface area contributed by atoms with E-state index < -0.39 is 0 Å². The van der Waals surface area contributed by atoms with Gasteiger partial charge in [-0.25, -0.2) is 4.98 Å². The predicted octanol–water partition coefficient (Wildman–Crippen LogP) is 2.24. The number of rotatable bonds is 1. The van der Waals surface area contributed by atoms with Crippen molar-refractivity contribution < 1.29 is 9.21 Å². The van der Waals surface area contributed by atoms with Gasteiger partial charge in [-0.1, -0.05) is 0 Å². The van der Waals surface area contributed by atoms with Gasteiger partial charge in [0.05, 0.1) is 0 Å². The van der Waals surface area contributed by atoms with E-state index in [1.807, 2.05) is 6.07 Å². The Balaban J connectivity index is 2.74. The number of nitrogens with zero attached hydrogens (tertiary/aromatic N) is 1. The highest BCUT2D eigenvalue weighted by atomic mass is 127. The van der Waals surface area contributed by atoms with Crippen molar-refractivity contribution in [3.8, 4) is 0 Å². The van der Waals surface area contributed by atoms with Crippen LogP contribution in [0.2, 0.25) is 0 Å². The number of furan rings is 1. The highest BCUT2D eigenvalue weighted by Gasteiger charge is 2.02. The van der Waals surface area contributed by atoms with E-state index in [1.165, 1.54) is 6.20 Å². The molecule has 0 amide bonds. The van der Waals surface area contributed by atoms with Crippen LogP contribution in [0.15, 0.2) is 22.7 Å². The quantitative estimate of drug-likeness (QED) is 0.591. The summed E-state index contributed by atoms with van der Waals surface area (Å²) in [6.45, 7) is 0. The van der Waals surface area contributed by atoms with Gasteiger partial charge < -0.3 is 4.42 Å². The Hall–Kier alpha value is -0.910. The lowest BCUT2D eigenvalue weighted by atomic mass is 10.2. The van der Waals surface area contributed by atoms with Gasteiger partial charge in [0.25, 0.3) is 0 Å². The molecule has 0 aliphatic rings. The summed E-state index contributed by atoms with van der Waals surface area (Å²) in [6.07, 6.45) is 2.27. The third kappa shape index (κ3) is 1.22. The van der Waals surface area contributed by atoms with E-state index in [4.69, 9.17) is 4.42 Å². The predicted molar refractivity (Wildman–Crippen MR) is 52.1 cm³/mol. The van der Waals surface area contributed by atoms with Crippen LogP contribution in [0.4, 0.5) is 0 Å². The van der Waals surface area contributed by atoms with Crippen LogP contribution in [0.5, 0.6) is 0 Å². The molecule has 0 fully saturated rings. The molecule has 0 N–H and O–H groups in total. The molecule has 2 aromatic rings. The molecule has 0 bridgehead atoms. The standard InChI is InChI=1S/C8H4INO2/c9-7-2-6-1-5(4-11)3-10-8(6)12-7/h1-4H. The summed E-state index contributed by atoms with van der Waals surface area (Å²) in [7, 11) is 0. The minimum Gasteiger partial charge on any atom is -0.432 e. The molecule has 4 heteroatoms. The zero-order valence-corrected chi connectivity index (χ0v) is 8.11. The van der Waals surface area contributed by atoms with Gasteiger partial charge in [-0.15, -0.1) is 0 Å². The van der Waals surface area contributed by atoms with Gasteiger partial charge in [0, 0.05) is 17.1 Å². The highest BCUT2D eigenvalue weighted by molar-refractivity contribution is 14.1. The van der Waals surface area contributed by atoms with Crippen LogP contribution in [0.3, 0.4) is 0 Å². The van der Waals surface area contributed by atoms with E-state index in [0.29, 0.717) is 11.3 Å². The lowest BCUT2D eigenvalue weighted by molar-refractivity contribution is 0.112. The maximum absolute atomic E-state index is 10.4. The van der Waals surface area contributed by atoms with Gasteiger partial charge >= 0.3 is 0 Å². The fourth-order valence-corrected chi connectivity index (χ4v) is 1.53. The van der Waals surface area contributed by atoms with E-state index in [9.17, 15) is 4.79 Å². The van der Waals surface area contributed by atoms with Crippen molar-refractivity contribution in [1.82, 2.24) is 4.98 Å². The van der Waals surface area contributed by atoms with E-state index in [-0.39, 0.29) is 0 Å². The molecule has 0 unspecified atom stereocenters. The zero-order chi connectivity index (χ0) is 8.55. The second kappa shape index (κ2) is 2.85. The number of fused-ring (bicyclic) bond motifs is 1. The smallest absolute Gasteiger partial charge is 0.227 e. The van der Waals surface area contributed by atoms with Crippen molar-refractivity contribution in [2.45, 2.75) is 0 Å². The summed E-state index contributed by atoms with van der Waals surface area (Å²) in [5.74, 6) is 0. The van der Waals surface area contributed by atoms with Crippen molar-refractivity contribution in [3.05, 3.63) is 27.7 Å². The monoisotopic (exact) mass is 273 g/mol. The van der Waals surface area contributed by atoms with E-state index in [2.05, 4.69) is 27.6 Å². The molecule has 0 aliphatic carbocycles. The van der Waals surface area contributed by atoms with Crippen molar-refractivity contribution in [2.24, 2.45) is 0 Å². The molecule has 0 aromatic carbocycles. The Labute approximate surface area is 81.9 Å². The molecule has 2 rings (SSSR count). The minimum absolute atomic E-state index is 0.569. The Morgan fingerprint density at radius 3 is 3.08 bits per heavy atom. The summed E-state index contributed by atoms with van der Waals surface area (Å²) < 4.78 is 6.00. The first-order valence-corrected chi connectivity index (χ1v) is 4.38. The maximum atomic E-state index is 10.4. The van der Waals surface area contributed by atoms with Gasteiger partial charge in [0.1, 0.15) is 0 Å². The maximum Gasteiger partial charge on any atom is 0.227 e. The lowest BCUT2D eigenvalue weighted by Crippen LogP contribution is -1.80. The Bertz CT molecular complexity index is 436. The van der Waals surface area contributed by atoms with Crippen LogP contribution in [0.1, 0.15) is 10.4 Å². The van der Waals surface area contributed by atoms with Crippen molar-refractivity contribution >= 4 is 40.0 Å². The number of carbonyl (C=O) groups is 1. The minimum atomic E-state index is 0.569. The highest BCUT2D eigenvalue weighted by Crippen LogP contribution is 2.18. The van der Waals surface area contributed by atoms with Gasteiger partial charge in [0.15, 0.2) is 10.1 Å². The molecule has 3 nitrogen and oxygen atoms in total. The molecule has 60 valence electrons. The van der Waals surface area contributed by atoms with Gasteiger partial charge in [-0.3, -0.25) is 4.79 Å². The first kappa shape index (κ1) is 7.72. The number of hydrogen-bond acceptors (Lipinski definition) is 3. The third-order valence-corrected chi connectivity index (χ3v) is 2.03. The van der Waals surface area contributed by atoms with Crippen molar-refractivity contribution in [2.75, 3.05) is 0 Å². The van der Waals surface area contributed by atoms with Crippen LogP contribution < -0.4 is 0 Å². The lowest BCUT2D eigenvalue weighted by Gasteiger charge is -1.87. The number of halogens is 1. The number of aldehydes is 1. The van der Waals surface area contributed by atoms with Crippen LogP contribution >= 0.6 is 22.6 Å². The molecule has 0 spiro atoms. The average Bonchev–Trinajstić information content (AvgIpc) is 2.43. The molecular weight excluding hydrogens is 269 g/mol. The van der Waals surface area contributed by atoms with Crippen LogP contribution in [0.25, 0.3) is 11.1 Å². The number of hydrogen-bond donors (Lipinski definition) is 0. The van der Waals surface area contributed by atoms with Crippen LogP contribution in [-0.4, -0.2) is 11.3 Å². The molecule has 0 saturated carbocycles. The number of pyridine rings is 1. The molecule has 0 saturated heterocycles. The average molecular weight is 273 g/mol. The summed E-state index contributed by atoms with van der Waals surface area (Å²) in [5, 5.41) is 0.865. The normalized spacial score (nSPS) is 10.4. The number of carbonyl (C=O) groups excluding carboxylic acids is 1. The summed E-state index contributed by atoms with van der Waals surface area (Å²) >= 11 is 2.06. The molecule has 0 atom stereocenters.